The molecular weight excluding hydrogens is 198 g/mol. The van der Waals surface area contributed by atoms with Crippen LogP contribution in [0.2, 0.25) is 0 Å². The van der Waals surface area contributed by atoms with Crippen LogP contribution in [0.3, 0.4) is 0 Å². The molecule has 2 rings (SSSR count). The fourth-order valence-electron chi connectivity index (χ4n) is 2.50. The molecule has 0 amide bonds. The summed E-state index contributed by atoms with van der Waals surface area (Å²) < 4.78 is 0. The molecule has 1 aromatic rings. The van der Waals surface area contributed by atoms with Gasteiger partial charge in [0, 0.05) is 12.2 Å². The van der Waals surface area contributed by atoms with Crippen molar-refractivity contribution in [1.29, 1.82) is 0 Å². The Morgan fingerprint density at radius 2 is 2.31 bits per heavy atom. The van der Waals surface area contributed by atoms with Crippen molar-refractivity contribution < 1.29 is 0 Å². The Labute approximate surface area is 97.5 Å². The van der Waals surface area contributed by atoms with Gasteiger partial charge in [-0.1, -0.05) is 19.9 Å². The van der Waals surface area contributed by atoms with E-state index in [-0.39, 0.29) is 0 Å². The van der Waals surface area contributed by atoms with E-state index in [0.29, 0.717) is 17.3 Å². The van der Waals surface area contributed by atoms with Crippen molar-refractivity contribution in [3.8, 4) is 0 Å². The average molecular weight is 219 g/mol. The quantitative estimate of drug-likeness (QED) is 0.812. The van der Waals surface area contributed by atoms with Crippen molar-refractivity contribution >= 4 is 5.82 Å². The molecule has 1 saturated carbocycles. The minimum Gasteiger partial charge on any atom is -0.383 e. The summed E-state index contributed by atoms with van der Waals surface area (Å²) in [5.74, 6) is 1.43. The maximum Gasteiger partial charge on any atom is 0.126 e. The number of hydrogen-bond acceptors (Lipinski definition) is 3. The van der Waals surface area contributed by atoms with E-state index in [1.165, 1.54) is 6.42 Å². The first-order valence-corrected chi connectivity index (χ1v) is 5.91. The number of likely N-dealkylation sites (N-methyl/N-ethyl adjacent to an activating group) is 1. The van der Waals surface area contributed by atoms with Gasteiger partial charge in [0.2, 0.25) is 0 Å². The Morgan fingerprint density at radius 3 is 2.81 bits per heavy atom. The Kier molecular flexibility index (Phi) is 2.89. The molecule has 1 aliphatic rings. The van der Waals surface area contributed by atoms with E-state index in [0.717, 1.165) is 17.9 Å². The Morgan fingerprint density at radius 1 is 1.62 bits per heavy atom. The molecule has 0 aliphatic heterocycles. The highest BCUT2D eigenvalue weighted by Gasteiger charge is 2.49. The van der Waals surface area contributed by atoms with Gasteiger partial charge in [-0.15, -0.1) is 0 Å². The van der Waals surface area contributed by atoms with Gasteiger partial charge >= 0.3 is 0 Å². The molecule has 0 bridgehead atoms. The molecule has 3 nitrogen and oxygen atoms in total. The normalized spacial score (nSPS) is 24.1. The van der Waals surface area contributed by atoms with Gasteiger partial charge in [0.05, 0.1) is 0 Å². The van der Waals surface area contributed by atoms with Gasteiger partial charge in [-0.2, -0.15) is 0 Å². The van der Waals surface area contributed by atoms with Crippen LogP contribution in [0.25, 0.3) is 0 Å². The van der Waals surface area contributed by atoms with E-state index in [4.69, 9.17) is 5.73 Å². The molecule has 1 heterocycles. The predicted octanol–water partition coefficient (Wildman–Crippen LogP) is 1.84. The summed E-state index contributed by atoms with van der Waals surface area (Å²) in [6.07, 6.45) is 4.03. The lowest BCUT2D eigenvalue weighted by molar-refractivity contribution is 0.426. The Bertz CT molecular complexity index is 373. The summed E-state index contributed by atoms with van der Waals surface area (Å²) in [7, 11) is 2.03. The molecule has 1 aromatic heterocycles. The van der Waals surface area contributed by atoms with E-state index in [1.54, 1.807) is 6.20 Å². The van der Waals surface area contributed by atoms with Gasteiger partial charge in [0.1, 0.15) is 5.82 Å². The standard InChI is InChI=1S/C13H21N3/c1-13(2)8-10(13)11(15-3)7-9-5-4-6-16-12(9)14/h4-6,10-11,15H,7-8H2,1-3H3,(H2,14,16). The second-order valence-electron chi connectivity index (χ2n) is 5.45. The number of nitrogens with zero attached hydrogens (tertiary/aromatic N) is 1. The Hall–Kier alpha value is -1.09. The fourth-order valence-corrected chi connectivity index (χ4v) is 2.50. The van der Waals surface area contributed by atoms with Crippen molar-refractivity contribution in [1.82, 2.24) is 10.3 Å². The molecule has 1 aliphatic carbocycles. The average Bonchev–Trinajstić information content (AvgIpc) is 2.86. The second kappa shape index (κ2) is 4.06. The van der Waals surface area contributed by atoms with Crippen LogP contribution in [0, 0.1) is 11.3 Å². The SMILES string of the molecule is CNC(Cc1cccnc1N)C1CC1(C)C. The van der Waals surface area contributed by atoms with Crippen molar-refractivity contribution in [2.75, 3.05) is 12.8 Å². The molecule has 1 fully saturated rings. The predicted molar refractivity (Wildman–Crippen MR) is 67.1 cm³/mol. The van der Waals surface area contributed by atoms with Crippen LogP contribution in [0.5, 0.6) is 0 Å². The molecular formula is C13H21N3. The number of aromatic nitrogens is 1. The van der Waals surface area contributed by atoms with Gasteiger partial charge in [-0.05, 0) is 42.9 Å². The lowest BCUT2D eigenvalue weighted by atomic mass is 9.98. The van der Waals surface area contributed by atoms with E-state index in [1.807, 2.05) is 13.1 Å². The van der Waals surface area contributed by atoms with Gasteiger partial charge in [-0.25, -0.2) is 4.98 Å². The molecule has 88 valence electrons. The molecule has 3 N–H and O–H groups in total. The summed E-state index contributed by atoms with van der Waals surface area (Å²) in [5.41, 5.74) is 7.52. The maximum absolute atomic E-state index is 5.87. The first-order chi connectivity index (χ1) is 7.54. The van der Waals surface area contributed by atoms with E-state index in [2.05, 4.69) is 30.2 Å². The highest BCUT2D eigenvalue weighted by Crippen LogP contribution is 2.54. The molecule has 0 aromatic carbocycles. The highest BCUT2D eigenvalue weighted by atomic mass is 14.9. The van der Waals surface area contributed by atoms with Crippen molar-refractivity contribution in [2.45, 2.75) is 32.7 Å². The second-order valence-corrected chi connectivity index (χ2v) is 5.45. The summed E-state index contributed by atoms with van der Waals surface area (Å²) >= 11 is 0. The molecule has 0 spiro atoms. The smallest absolute Gasteiger partial charge is 0.126 e. The number of hydrogen-bond donors (Lipinski definition) is 2. The third kappa shape index (κ3) is 2.19. The fraction of sp³-hybridized carbons (Fsp3) is 0.615. The number of rotatable bonds is 4. The lowest BCUT2D eigenvalue weighted by Gasteiger charge is -2.18. The third-order valence-corrected chi connectivity index (χ3v) is 3.81. The minimum absolute atomic E-state index is 0.491. The largest absolute Gasteiger partial charge is 0.383 e. The summed E-state index contributed by atoms with van der Waals surface area (Å²) in [6, 6.07) is 4.54. The summed E-state index contributed by atoms with van der Waals surface area (Å²) in [6.45, 7) is 4.66. The zero-order valence-electron chi connectivity index (χ0n) is 10.3. The number of pyridine rings is 1. The molecule has 2 atom stereocenters. The number of anilines is 1. The number of nitrogens with one attached hydrogen (secondary N) is 1. The maximum atomic E-state index is 5.87. The van der Waals surface area contributed by atoms with Gasteiger partial charge in [0.25, 0.3) is 0 Å². The third-order valence-electron chi connectivity index (χ3n) is 3.81. The van der Waals surface area contributed by atoms with Crippen molar-refractivity contribution in [3.05, 3.63) is 23.9 Å². The molecule has 2 unspecified atom stereocenters. The van der Waals surface area contributed by atoms with Crippen LogP contribution in [0.1, 0.15) is 25.8 Å². The zero-order chi connectivity index (χ0) is 11.8. The molecule has 0 saturated heterocycles. The monoisotopic (exact) mass is 219 g/mol. The molecule has 16 heavy (non-hydrogen) atoms. The van der Waals surface area contributed by atoms with Crippen LogP contribution in [-0.4, -0.2) is 18.1 Å². The number of nitrogen functional groups attached to an aromatic ring is 1. The van der Waals surface area contributed by atoms with Gasteiger partial charge < -0.3 is 11.1 Å². The molecule has 0 radical (unpaired) electrons. The summed E-state index contributed by atoms with van der Waals surface area (Å²) in [5, 5.41) is 3.41. The lowest BCUT2D eigenvalue weighted by Crippen LogP contribution is -2.31. The number of nitrogens with two attached hydrogens (primary N) is 1. The van der Waals surface area contributed by atoms with Crippen molar-refractivity contribution in [2.24, 2.45) is 11.3 Å². The van der Waals surface area contributed by atoms with Crippen LogP contribution in [0.4, 0.5) is 5.82 Å². The molecule has 3 heteroatoms. The van der Waals surface area contributed by atoms with Crippen LogP contribution in [0.15, 0.2) is 18.3 Å². The van der Waals surface area contributed by atoms with Crippen LogP contribution >= 0.6 is 0 Å². The van der Waals surface area contributed by atoms with Crippen LogP contribution in [-0.2, 0) is 6.42 Å². The van der Waals surface area contributed by atoms with Crippen molar-refractivity contribution in [3.63, 3.8) is 0 Å². The Balaban J connectivity index is 2.06. The first kappa shape index (κ1) is 11.4. The highest BCUT2D eigenvalue weighted by molar-refractivity contribution is 5.39. The zero-order valence-corrected chi connectivity index (χ0v) is 10.3. The first-order valence-electron chi connectivity index (χ1n) is 5.91. The van der Waals surface area contributed by atoms with E-state index >= 15 is 0 Å². The topological polar surface area (TPSA) is 50.9 Å². The van der Waals surface area contributed by atoms with Crippen LogP contribution < -0.4 is 11.1 Å². The van der Waals surface area contributed by atoms with Gasteiger partial charge in [-0.3, -0.25) is 0 Å². The van der Waals surface area contributed by atoms with E-state index in [9.17, 15) is 0 Å². The minimum atomic E-state index is 0.491. The van der Waals surface area contributed by atoms with E-state index < -0.39 is 0 Å². The summed E-state index contributed by atoms with van der Waals surface area (Å²) in [4.78, 5) is 4.13. The van der Waals surface area contributed by atoms with Gasteiger partial charge in [0.15, 0.2) is 0 Å².